The van der Waals surface area contributed by atoms with Crippen LogP contribution in [0, 0.1) is 0 Å². The Morgan fingerprint density at radius 2 is 1.58 bits per heavy atom. The number of hydrogen-bond donors (Lipinski definition) is 2. The van der Waals surface area contributed by atoms with Gasteiger partial charge in [0.2, 0.25) is 16.0 Å². The van der Waals surface area contributed by atoms with Crippen molar-refractivity contribution in [2.45, 2.75) is 43.5 Å². The van der Waals surface area contributed by atoms with E-state index in [0.717, 1.165) is 26.3 Å². The molecule has 0 aliphatic rings. The van der Waals surface area contributed by atoms with Gasteiger partial charge in [0.05, 0.1) is 0 Å². The van der Waals surface area contributed by atoms with Gasteiger partial charge in [-0.15, -0.1) is 0 Å². The van der Waals surface area contributed by atoms with E-state index in [1.54, 1.807) is 29.4 Å². The van der Waals surface area contributed by atoms with Crippen LogP contribution >= 0.6 is 31.9 Å². The van der Waals surface area contributed by atoms with Crippen molar-refractivity contribution in [3.63, 3.8) is 0 Å². The van der Waals surface area contributed by atoms with Gasteiger partial charge in [0.25, 0.3) is 0 Å². The monoisotopic (exact) mass is 583 g/mol. The zero-order valence-electron chi connectivity index (χ0n) is 17.8. The highest BCUT2D eigenvalue weighted by atomic mass is 79.9. The fraction of sp³-hybridized carbons (Fsp3) is 0.474. The molecule has 0 amide bonds. The molecule has 0 aliphatic heterocycles. The first-order valence-electron chi connectivity index (χ1n) is 9.23. The number of nitrogens with one attached hydrogen (secondary N) is 2. The van der Waals surface area contributed by atoms with Crippen LogP contribution in [0.15, 0.2) is 38.4 Å². The number of halogens is 4. The molecule has 31 heavy (non-hydrogen) atoms. The summed E-state index contributed by atoms with van der Waals surface area (Å²) in [7, 11) is -0.422. The van der Waals surface area contributed by atoms with Crippen molar-refractivity contribution >= 4 is 53.5 Å². The maximum atomic E-state index is 14.5. The molecule has 0 aliphatic carbocycles. The topological polar surface area (TPSA) is 87.2 Å². The number of sulfonamides is 1. The molecule has 0 saturated heterocycles. The Hall–Kier alpha value is -1.37. The van der Waals surface area contributed by atoms with Gasteiger partial charge < -0.3 is 10.2 Å². The van der Waals surface area contributed by atoms with Crippen molar-refractivity contribution in [1.29, 1.82) is 0 Å². The van der Waals surface area contributed by atoms with E-state index in [-0.39, 0.29) is 13.8 Å². The minimum Gasteiger partial charge on any atom is -0.381 e. The van der Waals surface area contributed by atoms with Crippen molar-refractivity contribution in [3.05, 3.63) is 39.0 Å². The maximum Gasteiger partial charge on any atom is 0.242 e. The van der Waals surface area contributed by atoms with Crippen LogP contribution < -0.4 is 14.9 Å². The van der Waals surface area contributed by atoms with E-state index in [9.17, 15) is 17.2 Å². The normalized spacial score (nSPS) is 14.2. The number of rotatable bonds is 9. The summed E-state index contributed by atoms with van der Waals surface area (Å²) in [4.78, 5) is 10.2. The van der Waals surface area contributed by atoms with Gasteiger partial charge in [-0.1, -0.05) is 0 Å². The first-order valence-corrected chi connectivity index (χ1v) is 12.3. The quantitative estimate of drug-likeness (QED) is 0.453. The summed E-state index contributed by atoms with van der Waals surface area (Å²) in [5.41, 5.74) is -3.13. The Labute approximate surface area is 198 Å². The summed E-state index contributed by atoms with van der Waals surface area (Å²) in [6, 6.07) is 3.17. The molecule has 1 aromatic carbocycles. The third kappa shape index (κ3) is 6.56. The van der Waals surface area contributed by atoms with Crippen LogP contribution in [0.25, 0.3) is 0 Å². The van der Waals surface area contributed by atoms with E-state index in [1.807, 2.05) is 14.1 Å². The van der Waals surface area contributed by atoms with E-state index >= 15 is 0 Å². The summed E-state index contributed by atoms with van der Waals surface area (Å²) < 4.78 is 56.6. The van der Waals surface area contributed by atoms with Crippen LogP contribution in [0.5, 0.6) is 0 Å². The lowest BCUT2D eigenvalue weighted by molar-refractivity contribution is 0.00426. The Kier molecular flexibility index (Phi) is 8.05. The number of benzene rings is 1. The molecule has 7 nitrogen and oxygen atoms in total. The zero-order valence-corrected chi connectivity index (χ0v) is 21.8. The summed E-state index contributed by atoms with van der Waals surface area (Å²) in [6.07, 6.45) is 3.39. The Morgan fingerprint density at radius 1 is 1.06 bits per heavy atom. The van der Waals surface area contributed by atoms with Crippen LogP contribution in [-0.2, 0) is 16.6 Å². The molecule has 0 fully saturated rings. The van der Waals surface area contributed by atoms with E-state index in [1.165, 1.54) is 0 Å². The van der Waals surface area contributed by atoms with Gasteiger partial charge in [-0.2, -0.15) is 0 Å². The van der Waals surface area contributed by atoms with Gasteiger partial charge in [0.15, 0.2) is 5.67 Å². The Balaban J connectivity index is 2.15. The highest BCUT2D eigenvalue weighted by molar-refractivity contribution is 9.11. The molecule has 2 rings (SSSR count). The first-order chi connectivity index (χ1) is 14.1. The second-order valence-corrected chi connectivity index (χ2v) is 11.3. The van der Waals surface area contributed by atoms with Gasteiger partial charge in [-0.05, 0) is 64.8 Å². The number of hydrogen-bond acceptors (Lipinski definition) is 6. The third-order valence-corrected chi connectivity index (χ3v) is 7.97. The molecule has 172 valence electrons. The lowest BCUT2D eigenvalue weighted by atomic mass is 9.92. The van der Waals surface area contributed by atoms with Crippen LogP contribution in [-0.4, -0.2) is 50.4 Å². The lowest BCUT2D eigenvalue weighted by Crippen LogP contribution is -2.49. The van der Waals surface area contributed by atoms with Crippen molar-refractivity contribution in [3.8, 4) is 0 Å². The average molecular weight is 585 g/mol. The summed E-state index contributed by atoms with van der Waals surface area (Å²) in [5, 5.41) is 3.17. The van der Waals surface area contributed by atoms with E-state index in [0.29, 0.717) is 18.2 Å². The summed E-state index contributed by atoms with van der Waals surface area (Å²) in [6.45, 7) is 2.85. The predicted octanol–water partition coefficient (Wildman–Crippen LogP) is 4.43. The van der Waals surface area contributed by atoms with E-state index in [4.69, 9.17) is 0 Å². The zero-order chi connectivity index (χ0) is 23.6. The molecular weight excluding hydrogens is 560 g/mol. The Morgan fingerprint density at radius 3 is 2.03 bits per heavy atom. The molecule has 1 aromatic heterocycles. The number of anilines is 2. The minimum absolute atomic E-state index is 0.107. The minimum atomic E-state index is -4.11. The second kappa shape index (κ2) is 9.63. The van der Waals surface area contributed by atoms with Crippen molar-refractivity contribution in [1.82, 2.24) is 14.7 Å². The van der Waals surface area contributed by atoms with E-state index < -0.39 is 27.9 Å². The van der Waals surface area contributed by atoms with Gasteiger partial charge in [-0.25, -0.2) is 31.9 Å². The van der Waals surface area contributed by atoms with Crippen LogP contribution in [0.3, 0.4) is 0 Å². The molecule has 0 spiro atoms. The molecule has 2 aromatic rings. The smallest absolute Gasteiger partial charge is 0.242 e. The molecule has 1 unspecified atom stereocenters. The fourth-order valence-corrected chi connectivity index (χ4v) is 6.01. The van der Waals surface area contributed by atoms with Crippen LogP contribution in [0.4, 0.5) is 20.4 Å². The van der Waals surface area contributed by atoms with Gasteiger partial charge in [-0.3, -0.25) is 0 Å². The molecule has 0 saturated carbocycles. The van der Waals surface area contributed by atoms with Gasteiger partial charge in [0.1, 0.15) is 10.6 Å². The summed E-state index contributed by atoms with van der Waals surface area (Å²) in [5.74, 6) is 0.594. The molecule has 1 atom stereocenters. The maximum absolute atomic E-state index is 14.5. The third-order valence-electron chi connectivity index (χ3n) is 4.69. The number of aromatic nitrogens is 2. The van der Waals surface area contributed by atoms with Crippen molar-refractivity contribution in [2.24, 2.45) is 0 Å². The molecule has 12 heteroatoms. The second-order valence-electron chi connectivity index (χ2n) is 7.90. The molecule has 1 heterocycles. The van der Waals surface area contributed by atoms with E-state index in [2.05, 4.69) is 51.9 Å². The fourth-order valence-electron chi connectivity index (χ4n) is 2.31. The van der Waals surface area contributed by atoms with Crippen LogP contribution in [0.2, 0.25) is 0 Å². The average Bonchev–Trinajstić information content (AvgIpc) is 2.63. The highest BCUT2D eigenvalue weighted by Gasteiger charge is 2.43. The molecule has 2 N–H and O–H groups in total. The number of alkyl halides is 2. The standard InChI is InChI=1S/C19H25Br2F2N5O2S/c1-18(2,22)19(3,23)11-27-31(29,30)16-14(20)6-13(7-15(16)21)24-8-12-9-25-17(26-10-12)28(4)5/h6-7,9-10,24,27H,8,11H2,1-5H3. The highest BCUT2D eigenvalue weighted by Crippen LogP contribution is 2.34. The predicted molar refractivity (Wildman–Crippen MR) is 125 cm³/mol. The molecule has 0 bridgehead atoms. The largest absolute Gasteiger partial charge is 0.381 e. The first kappa shape index (κ1) is 25.9. The Bertz CT molecular complexity index is 1000. The lowest BCUT2D eigenvalue weighted by Gasteiger charge is -2.30. The van der Waals surface area contributed by atoms with Crippen LogP contribution in [0.1, 0.15) is 26.3 Å². The molecular formula is C19H25Br2F2N5O2S. The van der Waals surface area contributed by atoms with Gasteiger partial charge >= 0.3 is 0 Å². The SMILES string of the molecule is CN(C)c1ncc(CNc2cc(Br)c(S(=O)(=O)NCC(C)(F)C(C)(C)F)c(Br)c2)cn1. The van der Waals surface area contributed by atoms with Crippen molar-refractivity contribution < 1.29 is 17.2 Å². The van der Waals surface area contributed by atoms with Crippen molar-refractivity contribution in [2.75, 3.05) is 30.9 Å². The number of nitrogens with zero attached hydrogens (tertiary/aromatic N) is 3. The molecule has 0 radical (unpaired) electrons. The summed E-state index contributed by atoms with van der Waals surface area (Å²) >= 11 is 6.52. The van der Waals surface area contributed by atoms with Gasteiger partial charge in [0, 0.05) is 59.8 Å².